The summed E-state index contributed by atoms with van der Waals surface area (Å²) in [6.45, 7) is 2.33. The molecule has 0 radical (unpaired) electrons. The van der Waals surface area contributed by atoms with Crippen molar-refractivity contribution in [3.63, 3.8) is 0 Å². The molecule has 1 aliphatic rings. The monoisotopic (exact) mass is 343 g/mol. The Morgan fingerprint density at radius 2 is 2.00 bits per heavy atom. The van der Waals surface area contributed by atoms with E-state index >= 15 is 0 Å². The second-order valence-electron chi connectivity index (χ2n) is 5.45. The topological polar surface area (TPSA) is 71.4 Å². The average molecular weight is 343 g/mol. The number of benzene rings is 1. The van der Waals surface area contributed by atoms with Crippen molar-refractivity contribution in [3.05, 3.63) is 53.9 Å². The maximum Gasteiger partial charge on any atom is 0.288 e. The standard InChI is InChI=1S/C17H17N3O3S/c1-12-10-13(19-7-2-3-8-19)4-5-14(12)16(22)18-6-9-20-15(21)11-24-17(20)23/h2-5,7-8,10H,6,9,11H2,1H3,(H,18,22). The Hall–Kier alpha value is -2.54. The van der Waals surface area contributed by atoms with E-state index in [0.29, 0.717) is 5.56 Å². The summed E-state index contributed by atoms with van der Waals surface area (Å²) in [6, 6.07) is 9.48. The molecule has 24 heavy (non-hydrogen) atoms. The number of hydrogen-bond donors (Lipinski definition) is 1. The molecule has 1 aromatic heterocycles. The number of aromatic nitrogens is 1. The Labute approximate surface area is 143 Å². The number of carbonyl (C=O) groups excluding carboxylic acids is 3. The van der Waals surface area contributed by atoms with Gasteiger partial charge in [-0.05, 0) is 42.8 Å². The number of aryl methyl sites for hydroxylation is 1. The smallest absolute Gasteiger partial charge is 0.288 e. The van der Waals surface area contributed by atoms with Crippen LogP contribution in [0.1, 0.15) is 15.9 Å². The maximum atomic E-state index is 12.3. The molecule has 1 aromatic carbocycles. The fourth-order valence-corrected chi connectivity index (χ4v) is 3.30. The zero-order valence-corrected chi connectivity index (χ0v) is 14.0. The first-order valence-electron chi connectivity index (χ1n) is 7.55. The van der Waals surface area contributed by atoms with Crippen LogP contribution in [-0.2, 0) is 4.79 Å². The Bertz CT molecular complexity index is 770. The van der Waals surface area contributed by atoms with Crippen molar-refractivity contribution in [1.82, 2.24) is 14.8 Å². The summed E-state index contributed by atoms with van der Waals surface area (Å²) in [6.07, 6.45) is 3.88. The van der Waals surface area contributed by atoms with Gasteiger partial charge < -0.3 is 9.88 Å². The Morgan fingerprint density at radius 3 is 2.62 bits per heavy atom. The summed E-state index contributed by atoms with van der Waals surface area (Å²) in [5.41, 5.74) is 2.43. The minimum absolute atomic E-state index is 0.187. The third kappa shape index (κ3) is 3.35. The van der Waals surface area contributed by atoms with Crippen LogP contribution in [0.3, 0.4) is 0 Å². The van der Waals surface area contributed by atoms with E-state index in [1.807, 2.05) is 48.1 Å². The summed E-state index contributed by atoms with van der Waals surface area (Å²) < 4.78 is 1.97. The van der Waals surface area contributed by atoms with E-state index in [0.717, 1.165) is 23.0 Å². The molecular weight excluding hydrogens is 326 g/mol. The van der Waals surface area contributed by atoms with Gasteiger partial charge in [0, 0.05) is 36.7 Å². The van der Waals surface area contributed by atoms with Gasteiger partial charge in [-0.25, -0.2) is 0 Å². The molecule has 3 amide bonds. The second kappa shape index (κ2) is 6.92. The summed E-state index contributed by atoms with van der Waals surface area (Å²) in [5, 5.41) is 2.51. The van der Waals surface area contributed by atoms with Crippen LogP contribution in [0.4, 0.5) is 4.79 Å². The minimum atomic E-state index is -0.249. The van der Waals surface area contributed by atoms with Crippen molar-refractivity contribution < 1.29 is 14.4 Å². The van der Waals surface area contributed by atoms with Gasteiger partial charge in [0.2, 0.25) is 5.91 Å². The molecule has 3 rings (SSSR count). The van der Waals surface area contributed by atoms with Crippen LogP contribution in [-0.4, -0.2) is 45.4 Å². The lowest BCUT2D eigenvalue weighted by Crippen LogP contribution is -2.37. The van der Waals surface area contributed by atoms with E-state index in [9.17, 15) is 14.4 Å². The number of hydrogen-bond acceptors (Lipinski definition) is 4. The van der Waals surface area contributed by atoms with Gasteiger partial charge in [0.1, 0.15) is 0 Å². The number of amides is 3. The van der Waals surface area contributed by atoms with E-state index in [1.165, 1.54) is 4.90 Å². The first-order valence-corrected chi connectivity index (χ1v) is 8.54. The van der Waals surface area contributed by atoms with Crippen molar-refractivity contribution in [3.8, 4) is 5.69 Å². The molecule has 0 aliphatic carbocycles. The summed E-state index contributed by atoms with van der Waals surface area (Å²) in [7, 11) is 0. The van der Waals surface area contributed by atoms with Gasteiger partial charge in [0.25, 0.3) is 11.1 Å². The largest absolute Gasteiger partial charge is 0.350 e. The molecule has 2 aromatic rings. The molecule has 1 fully saturated rings. The zero-order valence-electron chi connectivity index (χ0n) is 13.2. The quantitative estimate of drug-likeness (QED) is 0.903. The number of rotatable bonds is 5. The highest BCUT2D eigenvalue weighted by Crippen LogP contribution is 2.18. The third-order valence-electron chi connectivity index (χ3n) is 3.82. The maximum absolute atomic E-state index is 12.3. The number of imide groups is 1. The Balaban J connectivity index is 1.61. The van der Waals surface area contributed by atoms with Gasteiger partial charge in [-0.3, -0.25) is 19.3 Å². The highest BCUT2D eigenvalue weighted by molar-refractivity contribution is 8.14. The zero-order chi connectivity index (χ0) is 17.1. The molecule has 124 valence electrons. The van der Waals surface area contributed by atoms with E-state index in [4.69, 9.17) is 0 Å². The van der Waals surface area contributed by atoms with Crippen LogP contribution in [0.25, 0.3) is 5.69 Å². The van der Waals surface area contributed by atoms with E-state index in [-0.39, 0.29) is 35.9 Å². The number of carbonyl (C=O) groups is 3. The molecule has 0 saturated carbocycles. The molecule has 0 unspecified atom stereocenters. The number of nitrogens with one attached hydrogen (secondary N) is 1. The molecule has 1 aliphatic heterocycles. The first kappa shape index (κ1) is 16.3. The lowest BCUT2D eigenvalue weighted by atomic mass is 10.1. The molecule has 1 saturated heterocycles. The molecule has 7 heteroatoms. The van der Waals surface area contributed by atoms with Gasteiger partial charge in [0.05, 0.1) is 5.75 Å². The van der Waals surface area contributed by atoms with Crippen LogP contribution in [0.15, 0.2) is 42.7 Å². The SMILES string of the molecule is Cc1cc(-n2cccc2)ccc1C(=O)NCCN1C(=O)CSC1=O. The fourth-order valence-electron chi connectivity index (χ4n) is 2.54. The van der Waals surface area contributed by atoms with Crippen LogP contribution in [0.2, 0.25) is 0 Å². The van der Waals surface area contributed by atoms with Crippen molar-refractivity contribution in [2.75, 3.05) is 18.8 Å². The van der Waals surface area contributed by atoms with E-state index in [1.54, 1.807) is 6.07 Å². The fraction of sp³-hybridized carbons (Fsp3) is 0.235. The minimum Gasteiger partial charge on any atom is -0.350 e. The molecule has 0 atom stereocenters. The van der Waals surface area contributed by atoms with Gasteiger partial charge >= 0.3 is 0 Å². The van der Waals surface area contributed by atoms with Gasteiger partial charge in [-0.2, -0.15) is 0 Å². The highest BCUT2D eigenvalue weighted by Gasteiger charge is 2.29. The van der Waals surface area contributed by atoms with Gasteiger partial charge in [-0.1, -0.05) is 11.8 Å². The third-order valence-corrected chi connectivity index (χ3v) is 4.68. The average Bonchev–Trinajstić information content (AvgIpc) is 3.19. The highest BCUT2D eigenvalue weighted by atomic mass is 32.2. The normalized spacial score (nSPS) is 14.3. The molecule has 0 spiro atoms. The molecule has 0 bridgehead atoms. The lowest BCUT2D eigenvalue weighted by Gasteiger charge is -2.14. The molecule has 1 N–H and O–H groups in total. The lowest BCUT2D eigenvalue weighted by molar-refractivity contribution is -0.124. The van der Waals surface area contributed by atoms with Crippen LogP contribution in [0.5, 0.6) is 0 Å². The number of thioether (sulfide) groups is 1. The van der Waals surface area contributed by atoms with Crippen LogP contribution >= 0.6 is 11.8 Å². The summed E-state index contributed by atoms with van der Waals surface area (Å²) in [5.74, 6) is -0.225. The van der Waals surface area contributed by atoms with Crippen molar-refractivity contribution in [1.29, 1.82) is 0 Å². The number of nitrogens with zero attached hydrogens (tertiary/aromatic N) is 2. The van der Waals surface area contributed by atoms with Crippen LogP contribution in [0, 0.1) is 6.92 Å². The second-order valence-corrected chi connectivity index (χ2v) is 6.37. The van der Waals surface area contributed by atoms with Crippen molar-refractivity contribution in [2.24, 2.45) is 0 Å². The van der Waals surface area contributed by atoms with E-state index < -0.39 is 0 Å². The van der Waals surface area contributed by atoms with Crippen LogP contribution < -0.4 is 5.32 Å². The Kier molecular flexibility index (Phi) is 4.71. The van der Waals surface area contributed by atoms with E-state index in [2.05, 4.69) is 5.32 Å². The molecule has 2 heterocycles. The predicted octanol–water partition coefficient (Wildman–Crippen LogP) is 2.21. The first-order chi connectivity index (χ1) is 11.6. The van der Waals surface area contributed by atoms with Crippen molar-refractivity contribution >= 4 is 28.8 Å². The van der Waals surface area contributed by atoms with Crippen molar-refractivity contribution in [2.45, 2.75) is 6.92 Å². The van der Waals surface area contributed by atoms with Gasteiger partial charge in [-0.15, -0.1) is 0 Å². The predicted molar refractivity (Wildman–Crippen MR) is 92.4 cm³/mol. The molecule has 6 nitrogen and oxygen atoms in total. The summed E-state index contributed by atoms with van der Waals surface area (Å²) in [4.78, 5) is 36.5. The molecular formula is C17H17N3O3S. The Morgan fingerprint density at radius 1 is 1.25 bits per heavy atom. The summed E-state index contributed by atoms with van der Waals surface area (Å²) >= 11 is 0.994. The van der Waals surface area contributed by atoms with Gasteiger partial charge in [0.15, 0.2) is 0 Å².